The van der Waals surface area contributed by atoms with E-state index in [9.17, 15) is 14.4 Å². The first-order valence-corrected chi connectivity index (χ1v) is 25.3. The molecule has 0 amide bonds. The van der Waals surface area contributed by atoms with Gasteiger partial charge in [-0.05, 0) is 83.5 Å². The van der Waals surface area contributed by atoms with Crippen LogP contribution in [0, 0.1) is 0 Å². The predicted octanol–water partition coefficient (Wildman–Crippen LogP) is 16.7. The van der Waals surface area contributed by atoms with Gasteiger partial charge in [0.15, 0.2) is 6.10 Å². The van der Waals surface area contributed by atoms with Crippen LogP contribution in [-0.4, -0.2) is 37.2 Å². The number of hydrogen-bond acceptors (Lipinski definition) is 6. The van der Waals surface area contributed by atoms with Crippen molar-refractivity contribution in [3.63, 3.8) is 0 Å². The van der Waals surface area contributed by atoms with Gasteiger partial charge in [-0.2, -0.15) is 0 Å². The van der Waals surface area contributed by atoms with Crippen molar-refractivity contribution in [1.29, 1.82) is 0 Å². The van der Waals surface area contributed by atoms with Crippen LogP contribution in [0.4, 0.5) is 0 Å². The summed E-state index contributed by atoms with van der Waals surface area (Å²) in [6.07, 6.45) is 71.5. The Morgan fingerprint density at radius 2 is 0.641 bits per heavy atom. The molecular formula is C58H90O6. The summed E-state index contributed by atoms with van der Waals surface area (Å²) in [6.45, 7) is 6.33. The highest BCUT2D eigenvalue weighted by Crippen LogP contribution is 2.12. The van der Waals surface area contributed by atoms with Crippen LogP contribution in [0.1, 0.15) is 194 Å². The Hall–Kier alpha value is -4.45. The second-order valence-electron chi connectivity index (χ2n) is 16.2. The number of rotatable bonds is 43. The molecule has 0 aromatic carbocycles. The van der Waals surface area contributed by atoms with Gasteiger partial charge in [-0.1, -0.05) is 225 Å². The highest BCUT2D eigenvalue weighted by Gasteiger charge is 2.19. The molecule has 0 saturated heterocycles. The van der Waals surface area contributed by atoms with E-state index in [4.69, 9.17) is 14.2 Å². The Labute approximate surface area is 392 Å². The van der Waals surface area contributed by atoms with Crippen LogP contribution in [0.2, 0.25) is 0 Å². The van der Waals surface area contributed by atoms with Gasteiger partial charge in [-0.25, -0.2) is 0 Å². The van der Waals surface area contributed by atoms with Gasteiger partial charge in [0, 0.05) is 19.3 Å². The van der Waals surface area contributed by atoms with E-state index >= 15 is 0 Å². The summed E-state index contributed by atoms with van der Waals surface area (Å²) < 4.78 is 16.7. The van der Waals surface area contributed by atoms with Crippen molar-refractivity contribution < 1.29 is 28.6 Å². The third-order valence-corrected chi connectivity index (χ3v) is 10.1. The molecule has 0 rings (SSSR count). The molecule has 0 aliphatic heterocycles. The second kappa shape index (κ2) is 51.2. The lowest BCUT2D eigenvalue weighted by molar-refractivity contribution is -0.167. The molecule has 6 heteroatoms. The van der Waals surface area contributed by atoms with Crippen LogP contribution < -0.4 is 0 Å². The molecule has 0 saturated carbocycles. The zero-order valence-electron chi connectivity index (χ0n) is 40.7. The summed E-state index contributed by atoms with van der Waals surface area (Å²) in [4.78, 5) is 37.9. The van der Waals surface area contributed by atoms with E-state index in [2.05, 4.69) is 81.5 Å². The van der Waals surface area contributed by atoms with Crippen molar-refractivity contribution in [2.45, 2.75) is 200 Å². The van der Waals surface area contributed by atoms with E-state index in [1.807, 2.05) is 72.9 Å². The number of esters is 3. The molecule has 0 aromatic heterocycles. The summed E-state index contributed by atoms with van der Waals surface area (Å²) in [5, 5.41) is 0. The maximum atomic E-state index is 12.8. The number of carbonyl (C=O) groups excluding carboxylic acids is 3. The highest BCUT2D eigenvalue weighted by atomic mass is 16.6. The average molecular weight is 883 g/mol. The molecule has 0 bridgehead atoms. The molecule has 6 nitrogen and oxygen atoms in total. The van der Waals surface area contributed by atoms with Crippen LogP contribution in [0.25, 0.3) is 0 Å². The van der Waals surface area contributed by atoms with E-state index in [0.29, 0.717) is 19.3 Å². The molecule has 1 atom stereocenters. The van der Waals surface area contributed by atoms with Crippen LogP contribution in [0.5, 0.6) is 0 Å². The van der Waals surface area contributed by atoms with Crippen molar-refractivity contribution in [1.82, 2.24) is 0 Å². The van der Waals surface area contributed by atoms with Gasteiger partial charge in [-0.15, -0.1) is 0 Å². The molecule has 1 unspecified atom stereocenters. The van der Waals surface area contributed by atoms with Gasteiger partial charge < -0.3 is 14.2 Å². The lowest BCUT2D eigenvalue weighted by Gasteiger charge is -2.18. The number of hydrogen-bond donors (Lipinski definition) is 0. The molecule has 0 aliphatic rings. The van der Waals surface area contributed by atoms with E-state index in [1.165, 1.54) is 57.8 Å². The maximum Gasteiger partial charge on any atom is 0.306 e. The highest BCUT2D eigenvalue weighted by molar-refractivity contribution is 5.71. The molecule has 0 N–H and O–H groups in total. The average Bonchev–Trinajstić information content (AvgIpc) is 3.29. The zero-order chi connectivity index (χ0) is 46.5. The zero-order valence-corrected chi connectivity index (χ0v) is 40.7. The van der Waals surface area contributed by atoms with Crippen molar-refractivity contribution >= 4 is 17.9 Å². The minimum Gasteiger partial charge on any atom is -0.462 e. The molecule has 64 heavy (non-hydrogen) atoms. The van der Waals surface area contributed by atoms with Gasteiger partial charge in [0.25, 0.3) is 0 Å². The number of ether oxygens (including phenoxy) is 3. The standard InChI is InChI=1S/C58H90O6/c1-4-7-10-13-16-19-21-23-25-27-29-31-32-34-36-39-42-45-48-51-57(60)63-54-55(53-62-56(59)50-47-44-41-38-18-15-12-9-6-3)64-58(61)52-49-46-43-40-37-35-33-30-28-26-24-22-20-17-14-11-8-5-2/h7,10,13,16,19,21-34,36,38,41,55H,4-6,8-9,11-12,14-15,17-18,20,35,37,39-40,42-54H2,1-3H3/b10-7-,16-13-,21-19-,24-22-,25-23-,28-26-,29-27+,32-31-,33-30-,36-34-,41-38-. The Morgan fingerprint density at radius 1 is 0.328 bits per heavy atom. The van der Waals surface area contributed by atoms with Gasteiger partial charge in [0.1, 0.15) is 13.2 Å². The van der Waals surface area contributed by atoms with E-state index in [1.54, 1.807) is 0 Å². The molecule has 0 radical (unpaired) electrons. The van der Waals surface area contributed by atoms with Crippen LogP contribution >= 0.6 is 0 Å². The summed E-state index contributed by atoms with van der Waals surface area (Å²) in [5.41, 5.74) is 0. The molecule has 0 fully saturated rings. The Morgan fingerprint density at radius 3 is 1.09 bits per heavy atom. The van der Waals surface area contributed by atoms with Gasteiger partial charge in [0.2, 0.25) is 0 Å². The maximum absolute atomic E-state index is 12.8. The number of unbranched alkanes of at least 4 members (excludes halogenated alkanes) is 18. The fraction of sp³-hybridized carbons (Fsp3) is 0.569. The topological polar surface area (TPSA) is 78.9 Å². The monoisotopic (exact) mass is 883 g/mol. The lowest BCUT2D eigenvalue weighted by Crippen LogP contribution is -2.30. The molecular weight excluding hydrogens is 793 g/mol. The van der Waals surface area contributed by atoms with Crippen LogP contribution in [0.15, 0.2) is 134 Å². The number of allylic oxidation sites excluding steroid dienone is 22. The quantitative estimate of drug-likeness (QED) is 0.0200. The largest absolute Gasteiger partial charge is 0.462 e. The minimum atomic E-state index is -0.823. The summed E-state index contributed by atoms with van der Waals surface area (Å²) in [7, 11) is 0. The molecule has 0 heterocycles. The fourth-order valence-electron chi connectivity index (χ4n) is 6.31. The molecule has 0 spiro atoms. The first-order valence-electron chi connectivity index (χ1n) is 25.3. The van der Waals surface area contributed by atoms with E-state index in [-0.39, 0.29) is 44.0 Å². The minimum absolute atomic E-state index is 0.122. The molecule has 358 valence electrons. The normalized spacial score (nSPS) is 13.2. The SMILES string of the molecule is CC\C=C/C=C\C=C/C=C\C=C\C=C/C=C\CCCCCC(=O)OCC(COC(=O)CCC/C=C\CCCCCC)OC(=O)CCCCCCC\C=C/C=C\C=C/CCCCCCC. The van der Waals surface area contributed by atoms with Crippen molar-refractivity contribution in [3.05, 3.63) is 134 Å². The van der Waals surface area contributed by atoms with Crippen molar-refractivity contribution in [2.24, 2.45) is 0 Å². The summed E-state index contributed by atoms with van der Waals surface area (Å²) in [6, 6.07) is 0. The molecule has 0 aromatic rings. The smallest absolute Gasteiger partial charge is 0.306 e. The summed E-state index contributed by atoms with van der Waals surface area (Å²) in [5.74, 6) is -1.03. The predicted molar refractivity (Wildman–Crippen MR) is 274 cm³/mol. The number of carbonyl (C=O) groups is 3. The Bertz CT molecular complexity index is 1430. The third kappa shape index (κ3) is 48.6. The van der Waals surface area contributed by atoms with Crippen LogP contribution in [-0.2, 0) is 28.6 Å². The first-order chi connectivity index (χ1) is 31.5. The Kier molecular flexibility index (Phi) is 47.6. The van der Waals surface area contributed by atoms with Gasteiger partial charge >= 0.3 is 17.9 Å². The summed E-state index contributed by atoms with van der Waals surface area (Å²) >= 11 is 0. The first kappa shape index (κ1) is 59.5. The van der Waals surface area contributed by atoms with E-state index < -0.39 is 6.10 Å². The van der Waals surface area contributed by atoms with Gasteiger partial charge in [0.05, 0.1) is 0 Å². The van der Waals surface area contributed by atoms with Crippen molar-refractivity contribution in [3.8, 4) is 0 Å². The van der Waals surface area contributed by atoms with Crippen LogP contribution in [0.3, 0.4) is 0 Å². The third-order valence-electron chi connectivity index (χ3n) is 10.1. The van der Waals surface area contributed by atoms with E-state index in [0.717, 1.165) is 83.5 Å². The van der Waals surface area contributed by atoms with Crippen molar-refractivity contribution in [2.75, 3.05) is 13.2 Å². The lowest BCUT2D eigenvalue weighted by atomic mass is 10.1. The molecule has 0 aliphatic carbocycles. The Balaban J connectivity index is 4.53. The second-order valence-corrected chi connectivity index (χ2v) is 16.2. The fourth-order valence-corrected chi connectivity index (χ4v) is 6.31. The van der Waals surface area contributed by atoms with Gasteiger partial charge in [-0.3, -0.25) is 14.4 Å².